The predicted molar refractivity (Wildman–Crippen MR) is 72.3 cm³/mol. The number of ether oxygens (including phenoxy) is 1. The average Bonchev–Trinajstić information content (AvgIpc) is 2.93. The number of aliphatic hydroxyl groups is 1. The van der Waals surface area contributed by atoms with E-state index < -0.39 is 11.9 Å². The standard InChI is InChI=1S/C14H20F3N3O2/c15-14(16,17)11-4-18-12(19-11)10-2-1-3-20(5-10)6-13(7-21)8-22-9-13/h4,10,21H,1-3,5-9H2,(H,18,19)/t10-/m1/s1. The van der Waals surface area contributed by atoms with Crippen LogP contribution in [0.25, 0.3) is 0 Å². The van der Waals surface area contributed by atoms with Crippen LogP contribution in [0.5, 0.6) is 0 Å². The second-order valence-corrected chi connectivity index (χ2v) is 6.41. The van der Waals surface area contributed by atoms with Crippen LogP contribution >= 0.6 is 0 Å². The van der Waals surface area contributed by atoms with Crippen molar-refractivity contribution in [1.29, 1.82) is 0 Å². The summed E-state index contributed by atoms with van der Waals surface area (Å²) in [6.07, 6.45) is -1.79. The van der Waals surface area contributed by atoms with E-state index in [0.717, 1.165) is 25.6 Å². The van der Waals surface area contributed by atoms with Gasteiger partial charge in [-0.15, -0.1) is 0 Å². The molecule has 0 bridgehead atoms. The number of H-pyrrole nitrogens is 1. The van der Waals surface area contributed by atoms with Crippen LogP contribution in [0.2, 0.25) is 0 Å². The number of nitrogens with one attached hydrogen (secondary N) is 1. The minimum Gasteiger partial charge on any atom is -0.396 e. The van der Waals surface area contributed by atoms with E-state index in [1.54, 1.807) is 0 Å². The molecule has 0 saturated carbocycles. The molecule has 5 nitrogen and oxygen atoms in total. The molecule has 1 atom stereocenters. The second kappa shape index (κ2) is 5.82. The largest absolute Gasteiger partial charge is 0.432 e. The van der Waals surface area contributed by atoms with Gasteiger partial charge in [0.2, 0.25) is 0 Å². The molecule has 1 aromatic heterocycles. The normalized spacial score (nSPS) is 25.9. The van der Waals surface area contributed by atoms with Gasteiger partial charge in [0.1, 0.15) is 11.5 Å². The lowest BCUT2D eigenvalue weighted by Gasteiger charge is -2.45. The SMILES string of the molecule is OCC1(CN2CCC[C@@H](c3ncc(C(F)(F)F)[nH]3)C2)COC1. The van der Waals surface area contributed by atoms with Crippen LogP contribution in [0.15, 0.2) is 6.20 Å². The van der Waals surface area contributed by atoms with Gasteiger partial charge in [-0.2, -0.15) is 13.2 Å². The van der Waals surface area contributed by atoms with Gasteiger partial charge in [-0.1, -0.05) is 0 Å². The number of nitrogens with zero attached hydrogens (tertiary/aromatic N) is 2. The number of hydrogen-bond acceptors (Lipinski definition) is 4. The maximum Gasteiger partial charge on any atom is 0.432 e. The monoisotopic (exact) mass is 319 g/mol. The van der Waals surface area contributed by atoms with Crippen molar-refractivity contribution in [3.05, 3.63) is 17.7 Å². The molecule has 2 saturated heterocycles. The molecule has 22 heavy (non-hydrogen) atoms. The van der Waals surface area contributed by atoms with Crippen molar-refractivity contribution >= 4 is 0 Å². The van der Waals surface area contributed by atoms with Crippen LogP contribution in [-0.2, 0) is 10.9 Å². The van der Waals surface area contributed by atoms with Gasteiger partial charge >= 0.3 is 6.18 Å². The number of alkyl halides is 3. The topological polar surface area (TPSA) is 61.4 Å². The van der Waals surface area contributed by atoms with E-state index in [4.69, 9.17) is 4.74 Å². The number of hydrogen-bond donors (Lipinski definition) is 2. The Labute approximate surface area is 126 Å². The Bertz CT molecular complexity index is 508. The van der Waals surface area contributed by atoms with Crippen LogP contribution in [0.1, 0.15) is 30.3 Å². The first-order valence-electron chi connectivity index (χ1n) is 7.45. The molecule has 2 aliphatic rings. The number of rotatable bonds is 4. The Morgan fingerprint density at radius 3 is 2.77 bits per heavy atom. The first-order valence-corrected chi connectivity index (χ1v) is 7.45. The molecule has 124 valence electrons. The van der Waals surface area contributed by atoms with Crippen molar-refractivity contribution in [1.82, 2.24) is 14.9 Å². The Kier molecular flexibility index (Phi) is 4.17. The highest BCUT2D eigenvalue weighted by molar-refractivity contribution is 5.10. The molecule has 0 unspecified atom stereocenters. The van der Waals surface area contributed by atoms with Crippen LogP contribution in [0, 0.1) is 5.41 Å². The van der Waals surface area contributed by atoms with E-state index in [9.17, 15) is 18.3 Å². The molecule has 2 aliphatic heterocycles. The van der Waals surface area contributed by atoms with Crippen molar-refractivity contribution in [2.75, 3.05) is 39.5 Å². The number of halogens is 3. The van der Waals surface area contributed by atoms with Crippen molar-refractivity contribution < 1.29 is 23.0 Å². The van der Waals surface area contributed by atoms with E-state index in [1.165, 1.54) is 0 Å². The Morgan fingerprint density at radius 1 is 1.45 bits per heavy atom. The molecule has 0 amide bonds. The smallest absolute Gasteiger partial charge is 0.396 e. The number of aromatic amines is 1. The lowest BCUT2D eigenvalue weighted by molar-refractivity contribution is -0.150. The summed E-state index contributed by atoms with van der Waals surface area (Å²) in [6.45, 7) is 3.44. The van der Waals surface area contributed by atoms with E-state index in [-0.39, 0.29) is 17.9 Å². The number of aromatic nitrogens is 2. The fourth-order valence-electron chi connectivity index (χ4n) is 3.21. The van der Waals surface area contributed by atoms with E-state index in [1.807, 2.05) is 0 Å². The molecule has 3 heterocycles. The number of piperidine rings is 1. The Hall–Kier alpha value is -1.12. The molecule has 8 heteroatoms. The van der Waals surface area contributed by atoms with Crippen LogP contribution in [0.3, 0.4) is 0 Å². The van der Waals surface area contributed by atoms with Crippen LogP contribution in [0.4, 0.5) is 13.2 Å². The molecule has 1 aromatic rings. The molecule has 0 aromatic carbocycles. The summed E-state index contributed by atoms with van der Waals surface area (Å²) in [4.78, 5) is 8.52. The van der Waals surface area contributed by atoms with E-state index in [2.05, 4.69) is 14.9 Å². The summed E-state index contributed by atoms with van der Waals surface area (Å²) >= 11 is 0. The maximum atomic E-state index is 12.6. The number of imidazole rings is 1. The molecule has 0 radical (unpaired) electrons. The molecule has 0 aliphatic carbocycles. The zero-order valence-corrected chi connectivity index (χ0v) is 12.2. The molecule has 3 rings (SSSR count). The summed E-state index contributed by atoms with van der Waals surface area (Å²) in [5.74, 6) is 0.376. The van der Waals surface area contributed by atoms with Gasteiger partial charge in [-0.3, -0.25) is 0 Å². The highest BCUT2D eigenvalue weighted by Crippen LogP contribution is 2.33. The van der Waals surface area contributed by atoms with Crippen molar-refractivity contribution in [3.63, 3.8) is 0 Å². The van der Waals surface area contributed by atoms with E-state index in [0.29, 0.717) is 32.1 Å². The zero-order chi connectivity index (χ0) is 15.8. The first kappa shape index (κ1) is 15.8. The third-order valence-corrected chi connectivity index (χ3v) is 4.50. The Balaban J connectivity index is 1.64. The van der Waals surface area contributed by atoms with E-state index >= 15 is 0 Å². The second-order valence-electron chi connectivity index (χ2n) is 6.41. The third-order valence-electron chi connectivity index (χ3n) is 4.50. The van der Waals surface area contributed by atoms with Gasteiger partial charge < -0.3 is 19.7 Å². The summed E-state index contributed by atoms with van der Waals surface area (Å²) in [7, 11) is 0. The van der Waals surface area contributed by atoms with Gasteiger partial charge in [0, 0.05) is 19.0 Å². The molecular formula is C14H20F3N3O2. The van der Waals surface area contributed by atoms with Crippen molar-refractivity contribution in [2.24, 2.45) is 5.41 Å². The average molecular weight is 319 g/mol. The minimum absolute atomic E-state index is 0.0263. The predicted octanol–water partition coefficient (Wildman–Crippen LogP) is 1.62. The summed E-state index contributed by atoms with van der Waals surface area (Å²) in [5.41, 5.74) is -0.999. The molecule has 2 fully saturated rings. The lowest BCUT2D eigenvalue weighted by Crippen LogP contribution is -2.54. The molecule has 2 N–H and O–H groups in total. The van der Waals surface area contributed by atoms with Gasteiger partial charge in [0.05, 0.1) is 31.4 Å². The zero-order valence-electron chi connectivity index (χ0n) is 12.2. The fourth-order valence-corrected chi connectivity index (χ4v) is 3.21. The van der Waals surface area contributed by atoms with Crippen LogP contribution in [-0.4, -0.2) is 59.4 Å². The van der Waals surface area contributed by atoms with Crippen LogP contribution < -0.4 is 0 Å². The van der Waals surface area contributed by atoms with Gasteiger partial charge in [-0.25, -0.2) is 4.98 Å². The van der Waals surface area contributed by atoms with Crippen molar-refractivity contribution in [2.45, 2.75) is 24.9 Å². The number of likely N-dealkylation sites (tertiary alicyclic amines) is 1. The highest BCUT2D eigenvalue weighted by atomic mass is 19.4. The summed E-state index contributed by atoms with van der Waals surface area (Å²) in [5, 5.41) is 9.49. The number of aliphatic hydroxyl groups excluding tert-OH is 1. The molecule has 0 spiro atoms. The summed E-state index contributed by atoms with van der Waals surface area (Å²) < 4.78 is 43.1. The third kappa shape index (κ3) is 3.13. The maximum absolute atomic E-state index is 12.6. The highest BCUT2D eigenvalue weighted by Gasteiger charge is 2.41. The fraction of sp³-hybridized carbons (Fsp3) is 0.786. The molecular weight excluding hydrogens is 299 g/mol. The van der Waals surface area contributed by atoms with Crippen molar-refractivity contribution in [3.8, 4) is 0 Å². The minimum atomic E-state index is -4.39. The first-order chi connectivity index (χ1) is 10.4. The summed E-state index contributed by atoms with van der Waals surface area (Å²) in [6, 6.07) is 0. The van der Waals surface area contributed by atoms with Gasteiger partial charge in [0.15, 0.2) is 0 Å². The van der Waals surface area contributed by atoms with Gasteiger partial charge in [-0.05, 0) is 19.4 Å². The van der Waals surface area contributed by atoms with Gasteiger partial charge in [0.25, 0.3) is 0 Å². The lowest BCUT2D eigenvalue weighted by atomic mass is 9.85. The quantitative estimate of drug-likeness (QED) is 0.885. The Morgan fingerprint density at radius 2 is 2.23 bits per heavy atom.